The molecule has 0 unspecified atom stereocenters. The summed E-state index contributed by atoms with van der Waals surface area (Å²) in [4.78, 5) is 4.38. The lowest BCUT2D eigenvalue weighted by Crippen LogP contribution is -2.41. The maximum atomic E-state index is 5.96. The Labute approximate surface area is 104 Å². The molecule has 92 valence electrons. The maximum absolute atomic E-state index is 5.96. The molecule has 0 amide bonds. The quantitative estimate of drug-likeness (QED) is 0.731. The summed E-state index contributed by atoms with van der Waals surface area (Å²) in [6.07, 6.45) is 2.80. The van der Waals surface area contributed by atoms with Gasteiger partial charge in [-0.05, 0) is 40.2 Å². The first kappa shape index (κ1) is 12.6. The summed E-state index contributed by atoms with van der Waals surface area (Å²) < 4.78 is 11.9. The molecule has 0 saturated carbocycles. The van der Waals surface area contributed by atoms with E-state index in [4.69, 9.17) is 9.31 Å². The highest BCUT2D eigenvalue weighted by molar-refractivity contribution is 6.62. The van der Waals surface area contributed by atoms with Crippen LogP contribution in [0.2, 0.25) is 0 Å². The predicted octanol–water partition coefficient (Wildman–Crippen LogP) is 1.94. The van der Waals surface area contributed by atoms with Crippen molar-refractivity contribution in [3.63, 3.8) is 0 Å². The molecular formula is C13H20BNO2. The monoisotopic (exact) mass is 233 g/mol. The molecule has 1 aliphatic rings. The second kappa shape index (κ2) is 4.11. The Morgan fingerprint density at radius 3 is 2.12 bits per heavy atom. The molecule has 17 heavy (non-hydrogen) atoms. The Balaban J connectivity index is 2.20. The van der Waals surface area contributed by atoms with Crippen molar-refractivity contribution in [1.29, 1.82) is 0 Å². The van der Waals surface area contributed by atoms with Crippen LogP contribution in [0, 0.1) is 0 Å². The largest absolute Gasteiger partial charge is 0.496 e. The molecule has 1 saturated heterocycles. The third kappa shape index (κ3) is 2.24. The van der Waals surface area contributed by atoms with Gasteiger partial charge in [-0.1, -0.05) is 13.0 Å². The van der Waals surface area contributed by atoms with Gasteiger partial charge in [0.2, 0.25) is 0 Å². The third-order valence-electron chi connectivity index (χ3n) is 3.74. The van der Waals surface area contributed by atoms with Crippen molar-refractivity contribution in [3.05, 3.63) is 24.0 Å². The molecule has 0 aliphatic carbocycles. The van der Waals surface area contributed by atoms with E-state index in [0.717, 1.165) is 17.6 Å². The Kier molecular flexibility index (Phi) is 3.04. The van der Waals surface area contributed by atoms with Crippen molar-refractivity contribution in [1.82, 2.24) is 4.98 Å². The molecular weight excluding hydrogens is 213 g/mol. The number of aromatic nitrogens is 1. The van der Waals surface area contributed by atoms with Crippen LogP contribution in [-0.2, 0) is 15.7 Å². The second-order valence-corrected chi connectivity index (χ2v) is 5.52. The fraction of sp³-hybridized carbons (Fsp3) is 0.615. The normalized spacial score (nSPS) is 21.8. The van der Waals surface area contributed by atoms with Gasteiger partial charge in [-0.25, -0.2) is 0 Å². The van der Waals surface area contributed by atoms with E-state index < -0.39 is 0 Å². The zero-order chi connectivity index (χ0) is 12.7. The molecule has 0 radical (unpaired) electrons. The zero-order valence-electron chi connectivity index (χ0n) is 11.3. The standard InChI is InChI=1S/C13H20BNO2/c1-6-11-8-7-10(9-15-11)14-16-12(2,3)13(4,5)17-14/h7-9H,6H2,1-5H3. The van der Waals surface area contributed by atoms with Crippen LogP contribution in [-0.4, -0.2) is 23.3 Å². The Hall–Kier alpha value is -0.865. The Morgan fingerprint density at radius 2 is 1.71 bits per heavy atom. The minimum absolute atomic E-state index is 0.291. The minimum atomic E-state index is -0.307. The van der Waals surface area contributed by atoms with Crippen molar-refractivity contribution in [2.24, 2.45) is 0 Å². The summed E-state index contributed by atoms with van der Waals surface area (Å²) in [5.74, 6) is 0. The maximum Gasteiger partial charge on any atom is 0.496 e. The molecule has 1 aliphatic heterocycles. The van der Waals surface area contributed by atoms with Crippen LogP contribution in [0.5, 0.6) is 0 Å². The molecule has 0 spiro atoms. The number of hydrogen-bond acceptors (Lipinski definition) is 3. The molecule has 0 aromatic carbocycles. The fourth-order valence-electron chi connectivity index (χ4n) is 1.76. The van der Waals surface area contributed by atoms with Gasteiger partial charge in [0.25, 0.3) is 0 Å². The molecule has 0 bridgehead atoms. The van der Waals surface area contributed by atoms with Gasteiger partial charge in [0, 0.05) is 17.4 Å². The fourth-order valence-corrected chi connectivity index (χ4v) is 1.76. The van der Waals surface area contributed by atoms with Crippen LogP contribution in [0.1, 0.15) is 40.3 Å². The van der Waals surface area contributed by atoms with Crippen molar-refractivity contribution < 1.29 is 9.31 Å². The van der Waals surface area contributed by atoms with E-state index in [9.17, 15) is 0 Å². The number of aryl methyl sites for hydroxylation is 1. The summed E-state index contributed by atoms with van der Waals surface area (Å²) in [7, 11) is -0.307. The molecule has 2 heterocycles. The number of pyridine rings is 1. The van der Waals surface area contributed by atoms with Crippen LogP contribution in [0.25, 0.3) is 0 Å². The average Bonchev–Trinajstić information content (AvgIpc) is 2.48. The van der Waals surface area contributed by atoms with Gasteiger partial charge >= 0.3 is 7.12 Å². The molecule has 0 atom stereocenters. The Bertz CT molecular complexity index is 384. The summed E-state index contributed by atoms with van der Waals surface area (Å²) in [6, 6.07) is 4.06. The first-order valence-electron chi connectivity index (χ1n) is 6.16. The van der Waals surface area contributed by atoms with Gasteiger partial charge in [0.1, 0.15) is 0 Å². The van der Waals surface area contributed by atoms with Crippen molar-refractivity contribution in [3.8, 4) is 0 Å². The lowest BCUT2D eigenvalue weighted by molar-refractivity contribution is 0.00578. The minimum Gasteiger partial charge on any atom is -0.399 e. The molecule has 2 rings (SSSR count). The Morgan fingerprint density at radius 1 is 1.12 bits per heavy atom. The van der Waals surface area contributed by atoms with Gasteiger partial charge in [-0.15, -0.1) is 0 Å². The second-order valence-electron chi connectivity index (χ2n) is 5.52. The van der Waals surface area contributed by atoms with Crippen LogP contribution in [0.4, 0.5) is 0 Å². The summed E-state index contributed by atoms with van der Waals surface area (Å²) >= 11 is 0. The lowest BCUT2D eigenvalue weighted by Gasteiger charge is -2.32. The zero-order valence-corrected chi connectivity index (χ0v) is 11.3. The van der Waals surface area contributed by atoms with E-state index in [1.54, 1.807) is 0 Å². The lowest BCUT2D eigenvalue weighted by atomic mass is 9.80. The molecule has 1 aromatic rings. The summed E-state index contributed by atoms with van der Waals surface area (Å²) in [6.45, 7) is 10.3. The smallest absolute Gasteiger partial charge is 0.399 e. The predicted molar refractivity (Wildman–Crippen MR) is 69.3 cm³/mol. The van der Waals surface area contributed by atoms with Crippen LogP contribution >= 0.6 is 0 Å². The van der Waals surface area contributed by atoms with Crippen LogP contribution in [0.3, 0.4) is 0 Å². The number of rotatable bonds is 2. The highest BCUT2D eigenvalue weighted by atomic mass is 16.7. The van der Waals surface area contributed by atoms with E-state index >= 15 is 0 Å². The molecule has 1 aromatic heterocycles. The first-order valence-corrected chi connectivity index (χ1v) is 6.16. The molecule has 4 heteroatoms. The van der Waals surface area contributed by atoms with E-state index in [0.29, 0.717) is 0 Å². The van der Waals surface area contributed by atoms with Crippen molar-refractivity contribution in [2.75, 3.05) is 0 Å². The summed E-state index contributed by atoms with van der Waals surface area (Å²) in [5, 5.41) is 0. The molecule has 3 nitrogen and oxygen atoms in total. The highest BCUT2D eigenvalue weighted by Gasteiger charge is 2.51. The number of hydrogen-bond donors (Lipinski definition) is 0. The van der Waals surface area contributed by atoms with E-state index in [1.165, 1.54) is 0 Å². The van der Waals surface area contributed by atoms with Gasteiger partial charge in [0.05, 0.1) is 11.2 Å². The first-order chi connectivity index (χ1) is 7.86. The van der Waals surface area contributed by atoms with Crippen LogP contribution in [0.15, 0.2) is 18.3 Å². The van der Waals surface area contributed by atoms with Gasteiger partial charge in [-0.2, -0.15) is 0 Å². The topological polar surface area (TPSA) is 31.4 Å². The van der Waals surface area contributed by atoms with Gasteiger partial charge < -0.3 is 9.31 Å². The third-order valence-corrected chi connectivity index (χ3v) is 3.74. The molecule has 1 fully saturated rings. The number of nitrogens with zero attached hydrogens (tertiary/aromatic N) is 1. The van der Waals surface area contributed by atoms with E-state index in [-0.39, 0.29) is 18.3 Å². The van der Waals surface area contributed by atoms with E-state index in [2.05, 4.69) is 39.6 Å². The summed E-state index contributed by atoms with van der Waals surface area (Å²) in [5.41, 5.74) is 1.49. The van der Waals surface area contributed by atoms with Gasteiger partial charge in [-0.3, -0.25) is 4.98 Å². The van der Waals surface area contributed by atoms with E-state index in [1.807, 2.05) is 18.3 Å². The van der Waals surface area contributed by atoms with Crippen LogP contribution < -0.4 is 5.46 Å². The molecule has 0 N–H and O–H groups in total. The highest BCUT2D eigenvalue weighted by Crippen LogP contribution is 2.36. The SMILES string of the molecule is CCc1ccc(B2OC(C)(C)C(C)(C)O2)cn1. The van der Waals surface area contributed by atoms with Crippen molar-refractivity contribution >= 4 is 12.6 Å². The van der Waals surface area contributed by atoms with Crippen molar-refractivity contribution in [2.45, 2.75) is 52.2 Å². The average molecular weight is 233 g/mol. The van der Waals surface area contributed by atoms with Gasteiger partial charge in [0.15, 0.2) is 0 Å².